The Morgan fingerprint density at radius 2 is 1.94 bits per heavy atom. The van der Waals surface area contributed by atoms with Crippen LogP contribution in [-0.2, 0) is 19.1 Å². The van der Waals surface area contributed by atoms with Crippen molar-refractivity contribution in [1.82, 2.24) is 29.9 Å². The molecule has 6 nitrogen and oxygen atoms in total. The molecule has 0 spiro atoms. The Labute approximate surface area is 174 Å². The van der Waals surface area contributed by atoms with Crippen molar-refractivity contribution in [3.05, 3.63) is 71.7 Å². The van der Waals surface area contributed by atoms with E-state index in [4.69, 9.17) is 0 Å². The van der Waals surface area contributed by atoms with E-state index in [0.717, 1.165) is 24.0 Å². The fourth-order valence-electron chi connectivity index (χ4n) is 4.06. The Kier molecular flexibility index (Phi) is 4.57. The highest BCUT2D eigenvalue weighted by molar-refractivity contribution is 5.67. The topological polar surface area (TPSA) is 72.3 Å². The first kappa shape index (κ1) is 19.4. The van der Waals surface area contributed by atoms with Crippen LogP contribution in [-0.4, -0.2) is 29.9 Å². The van der Waals surface area contributed by atoms with Crippen LogP contribution in [0.25, 0.3) is 22.6 Å². The summed E-state index contributed by atoms with van der Waals surface area (Å²) in [4.78, 5) is 8.61. The van der Waals surface area contributed by atoms with Crippen LogP contribution < -0.4 is 0 Å². The van der Waals surface area contributed by atoms with Crippen LogP contribution in [0.5, 0.6) is 0 Å². The van der Waals surface area contributed by atoms with Gasteiger partial charge in [-0.2, -0.15) is 28.6 Å². The van der Waals surface area contributed by atoms with Gasteiger partial charge in [-0.15, -0.1) is 0 Å². The van der Waals surface area contributed by atoms with Gasteiger partial charge in [0.1, 0.15) is 17.2 Å². The third-order valence-electron chi connectivity index (χ3n) is 5.48. The maximum atomic E-state index is 13.4. The van der Waals surface area contributed by atoms with Gasteiger partial charge < -0.3 is 4.57 Å². The zero-order chi connectivity index (χ0) is 21.6. The van der Waals surface area contributed by atoms with Gasteiger partial charge in [0.05, 0.1) is 12.0 Å². The van der Waals surface area contributed by atoms with Crippen molar-refractivity contribution in [3.63, 3.8) is 0 Å². The lowest BCUT2D eigenvalue weighted by Gasteiger charge is -2.12. The number of halogens is 4. The van der Waals surface area contributed by atoms with Crippen molar-refractivity contribution in [3.8, 4) is 22.6 Å². The average Bonchev–Trinajstić information content (AvgIpc) is 3.48. The Bertz CT molecular complexity index is 1240. The molecule has 1 atom stereocenters. The predicted molar refractivity (Wildman–Crippen MR) is 103 cm³/mol. The molecule has 0 bridgehead atoms. The van der Waals surface area contributed by atoms with Gasteiger partial charge in [-0.3, -0.25) is 4.98 Å². The number of benzene rings is 1. The second-order valence-electron chi connectivity index (χ2n) is 7.48. The second-order valence-corrected chi connectivity index (χ2v) is 7.48. The third kappa shape index (κ3) is 3.69. The summed E-state index contributed by atoms with van der Waals surface area (Å²) in [7, 11) is 0. The zero-order valence-corrected chi connectivity index (χ0v) is 16.1. The fraction of sp³-hybridized carbons (Fsp3) is 0.238. The molecule has 0 saturated carbocycles. The third-order valence-corrected chi connectivity index (χ3v) is 5.48. The van der Waals surface area contributed by atoms with Crippen LogP contribution in [0.2, 0.25) is 0 Å². The Morgan fingerprint density at radius 1 is 1.06 bits per heavy atom. The van der Waals surface area contributed by atoms with Crippen LogP contribution in [0, 0.1) is 5.82 Å². The number of alkyl halides is 3. The Balaban J connectivity index is 1.39. The first-order chi connectivity index (χ1) is 14.9. The molecular weight excluding hydrogens is 412 g/mol. The number of aromatic amines is 1. The van der Waals surface area contributed by atoms with Crippen molar-refractivity contribution in [2.75, 3.05) is 0 Å². The van der Waals surface area contributed by atoms with Crippen LogP contribution in [0.4, 0.5) is 17.6 Å². The standard InChI is InChI=1S/C21H16F4N6/c22-15-3-4-16-12(7-15)1-2-14(16)9-31-10-18(27-11-31)17-8-13(5-6-26-17)19-20(21(23,24)25)29-30-28-19/h3-8,10-11,14H,1-2,9H2,(H,28,29,30)/t14-/m0/s1. The van der Waals surface area contributed by atoms with Crippen LogP contribution in [0.3, 0.4) is 0 Å². The number of rotatable bonds is 4. The summed E-state index contributed by atoms with van der Waals surface area (Å²) in [5, 5.41) is 8.91. The van der Waals surface area contributed by atoms with Gasteiger partial charge >= 0.3 is 6.18 Å². The molecule has 1 aromatic carbocycles. The van der Waals surface area contributed by atoms with Gasteiger partial charge in [0, 0.05) is 30.4 Å². The minimum absolute atomic E-state index is 0.226. The fourth-order valence-corrected chi connectivity index (χ4v) is 4.06. The molecular formula is C21H16F4N6. The highest BCUT2D eigenvalue weighted by atomic mass is 19.4. The number of hydrogen-bond acceptors (Lipinski definition) is 4. The summed E-state index contributed by atoms with van der Waals surface area (Å²) < 4.78 is 54.8. The molecule has 0 aliphatic heterocycles. The van der Waals surface area contributed by atoms with E-state index in [0.29, 0.717) is 17.9 Å². The molecule has 3 heterocycles. The van der Waals surface area contributed by atoms with E-state index in [2.05, 4.69) is 20.2 Å². The first-order valence-corrected chi connectivity index (χ1v) is 9.63. The summed E-state index contributed by atoms with van der Waals surface area (Å²) in [6.45, 7) is 0.673. The molecule has 1 aliphatic carbocycles. The van der Waals surface area contributed by atoms with E-state index >= 15 is 0 Å². The lowest BCUT2D eigenvalue weighted by atomic mass is 10.0. The quantitative estimate of drug-likeness (QED) is 0.482. The molecule has 0 fully saturated rings. The summed E-state index contributed by atoms with van der Waals surface area (Å²) in [6, 6.07) is 7.85. The first-order valence-electron chi connectivity index (χ1n) is 9.63. The minimum atomic E-state index is -4.62. The molecule has 1 aliphatic rings. The van der Waals surface area contributed by atoms with Gasteiger partial charge in [-0.25, -0.2) is 9.37 Å². The number of nitrogens with zero attached hydrogens (tertiary/aromatic N) is 5. The Morgan fingerprint density at radius 3 is 2.77 bits per heavy atom. The lowest BCUT2D eigenvalue weighted by Crippen LogP contribution is -2.07. The number of imidazole rings is 1. The van der Waals surface area contributed by atoms with Gasteiger partial charge in [0.2, 0.25) is 0 Å². The number of pyridine rings is 1. The van der Waals surface area contributed by atoms with Gasteiger partial charge in [0.25, 0.3) is 0 Å². The maximum Gasteiger partial charge on any atom is 0.437 e. The van der Waals surface area contributed by atoms with Crippen molar-refractivity contribution in [2.24, 2.45) is 0 Å². The maximum absolute atomic E-state index is 13.4. The smallest absolute Gasteiger partial charge is 0.336 e. The lowest BCUT2D eigenvalue weighted by molar-refractivity contribution is -0.140. The molecule has 0 unspecified atom stereocenters. The van der Waals surface area contributed by atoms with E-state index in [1.54, 1.807) is 18.6 Å². The van der Waals surface area contributed by atoms with Gasteiger partial charge in [-0.1, -0.05) is 6.07 Å². The van der Waals surface area contributed by atoms with E-state index in [9.17, 15) is 17.6 Å². The van der Waals surface area contributed by atoms with E-state index < -0.39 is 11.9 Å². The SMILES string of the molecule is Fc1ccc2c(c1)CC[C@H]2Cn1cnc(-c2cc(-c3n[nH]nc3C(F)(F)F)ccn2)c1. The molecule has 0 amide bonds. The number of nitrogens with one attached hydrogen (secondary N) is 1. The summed E-state index contributed by atoms with van der Waals surface area (Å²) >= 11 is 0. The molecule has 158 valence electrons. The zero-order valence-electron chi connectivity index (χ0n) is 16.1. The summed E-state index contributed by atoms with van der Waals surface area (Å²) in [5.74, 6) is 0.0254. The van der Waals surface area contributed by atoms with Crippen molar-refractivity contribution >= 4 is 0 Å². The van der Waals surface area contributed by atoms with Crippen molar-refractivity contribution < 1.29 is 17.6 Å². The second kappa shape index (κ2) is 7.29. The molecule has 10 heteroatoms. The highest BCUT2D eigenvalue weighted by Crippen LogP contribution is 2.36. The van der Waals surface area contributed by atoms with Crippen LogP contribution in [0.1, 0.15) is 29.2 Å². The van der Waals surface area contributed by atoms with E-state index in [1.807, 2.05) is 15.8 Å². The molecule has 4 aromatic rings. The van der Waals surface area contributed by atoms with Crippen LogP contribution >= 0.6 is 0 Å². The molecule has 1 N–H and O–H groups in total. The summed E-state index contributed by atoms with van der Waals surface area (Å²) in [5.41, 5.74) is 2.03. The number of aromatic nitrogens is 6. The van der Waals surface area contributed by atoms with Gasteiger partial charge in [0.15, 0.2) is 5.69 Å². The Hall–Kier alpha value is -3.56. The number of H-pyrrole nitrogens is 1. The van der Waals surface area contributed by atoms with Crippen LogP contribution in [0.15, 0.2) is 49.1 Å². The molecule has 0 saturated heterocycles. The number of aryl methyl sites for hydroxylation is 1. The normalized spacial score (nSPS) is 15.9. The molecule has 5 rings (SSSR count). The largest absolute Gasteiger partial charge is 0.437 e. The van der Waals surface area contributed by atoms with Crippen molar-refractivity contribution in [2.45, 2.75) is 31.5 Å². The molecule has 0 radical (unpaired) electrons. The summed E-state index contributed by atoms with van der Waals surface area (Å²) in [6.07, 6.45) is 2.03. The highest BCUT2D eigenvalue weighted by Gasteiger charge is 2.38. The minimum Gasteiger partial charge on any atom is -0.336 e. The van der Waals surface area contributed by atoms with Gasteiger partial charge in [-0.05, 0) is 48.2 Å². The number of fused-ring (bicyclic) bond motifs is 1. The molecule has 31 heavy (non-hydrogen) atoms. The number of hydrogen-bond donors (Lipinski definition) is 1. The van der Waals surface area contributed by atoms with E-state index in [1.165, 1.54) is 24.4 Å². The molecule has 3 aromatic heterocycles. The van der Waals surface area contributed by atoms with E-state index in [-0.39, 0.29) is 23.0 Å². The van der Waals surface area contributed by atoms with Crippen molar-refractivity contribution in [1.29, 1.82) is 0 Å². The average molecular weight is 428 g/mol. The predicted octanol–water partition coefficient (Wildman–Crippen LogP) is 4.62. The monoisotopic (exact) mass is 428 g/mol.